The largest absolute Gasteiger partial charge is 0.496 e. The van der Waals surface area contributed by atoms with E-state index in [4.69, 9.17) is 20.6 Å². The Labute approximate surface area is 251 Å². The number of ether oxygens (including phenoxy) is 2. The van der Waals surface area contributed by atoms with Gasteiger partial charge < -0.3 is 25.6 Å². The van der Waals surface area contributed by atoms with Crippen molar-refractivity contribution in [2.24, 2.45) is 5.73 Å². The van der Waals surface area contributed by atoms with Crippen LogP contribution in [0.1, 0.15) is 46.6 Å². The van der Waals surface area contributed by atoms with E-state index < -0.39 is 34.1 Å². The second-order valence-corrected chi connectivity index (χ2v) is 12.2. The average molecular weight is 609 g/mol. The van der Waals surface area contributed by atoms with Crippen LogP contribution in [0.15, 0.2) is 59.5 Å². The molecule has 12 heteroatoms. The molecular weight excluding hydrogens is 572 g/mol. The lowest BCUT2D eigenvalue weighted by Gasteiger charge is -2.26. The Balaban J connectivity index is 1.41. The maximum absolute atomic E-state index is 13.6. The van der Waals surface area contributed by atoms with Crippen molar-refractivity contribution in [2.45, 2.75) is 50.5 Å². The Hall–Kier alpha value is -4.58. The maximum atomic E-state index is 13.6. The number of carboxylic acid groups (broad SMARTS) is 1. The van der Waals surface area contributed by atoms with Gasteiger partial charge in [-0.2, -0.15) is 0 Å². The maximum Gasteiger partial charge on any atom is 0.407 e. The molecule has 0 saturated heterocycles. The highest BCUT2D eigenvalue weighted by molar-refractivity contribution is 7.89. The molecule has 0 unspecified atom stereocenters. The van der Waals surface area contributed by atoms with E-state index in [2.05, 4.69) is 5.32 Å². The summed E-state index contributed by atoms with van der Waals surface area (Å²) in [7, 11) is -2.76. The molecule has 5 N–H and O–H groups in total. The number of benzene rings is 3. The van der Waals surface area contributed by atoms with E-state index in [0.717, 1.165) is 26.6 Å². The third kappa shape index (κ3) is 6.29. The summed E-state index contributed by atoms with van der Waals surface area (Å²) in [6, 6.07) is 16.0. The molecule has 1 aliphatic rings. The van der Waals surface area contributed by atoms with Crippen molar-refractivity contribution in [1.82, 2.24) is 9.62 Å². The lowest BCUT2D eigenvalue weighted by molar-refractivity contribution is -0.139. The van der Waals surface area contributed by atoms with Crippen LogP contribution in [0, 0.1) is 26.2 Å². The van der Waals surface area contributed by atoms with Gasteiger partial charge in [0.25, 0.3) is 10.0 Å². The number of methoxy groups -OCH3 is 1. The molecule has 3 aromatic rings. The van der Waals surface area contributed by atoms with E-state index in [1.54, 1.807) is 26.8 Å². The van der Waals surface area contributed by atoms with Crippen LogP contribution in [0.3, 0.4) is 0 Å². The zero-order valence-electron chi connectivity index (χ0n) is 24.5. The van der Waals surface area contributed by atoms with Gasteiger partial charge in [-0.1, -0.05) is 48.5 Å². The third-order valence-corrected chi connectivity index (χ3v) is 9.91. The summed E-state index contributed by atoms with van der Waals surface area (Å²) in [4.78, 5) is 24.6. The second kappa shape index (κ2) is 12.7. The molecule has 43 heavy (non-hydrogen) atoms. The number of carbonyl (C=O) groups is 2. The number of alkyl carbamates (subject to hydrolysis) is 1. The van der Waals surface area contributed by atoms with Crippen LogP contribution >= 0.6 is 0 Å². The van der Waals surface area contributed by atoms with Gasteiger partial charge >= 0.3 is 12.1 Å². The Morgan fingerprint density at radius 3 is 2.16 bits per heavy atom. The molecule has 0 aromatic heterocycles. The number of rotatable bonds is 11. The van der Waals surface area contributed by atoms with Crippen molar-refractivity contribution in [3.05, 3.63) is 82.4 Å². The number of hydrogen-bond acceptors (Lipinski definition) is 7. The number of nitrogens with two attached hydrogens (primary N) is 1. The van der Waals surface area contributed by atoms with Crippen LogP contribution < -0.4 is 15.8 Å². The fraction of sp³-hybridized carbons (Fsp3) is 0.323. The summed E-state index contributed by atoms with van der Waals surface area (Å²) >= 11 is 0. The monoisotopic (exact) mass is 608 g/mol. The molecule has 228 valence electrons. The van der Waals surface area contributed by atoms with Gasteiger partial charge in [-0.05, 0) is 78.6 Å². The smallest absolute Gasteiger partial charge is 0.407 e. The molecule has 0 bridgehead atoms. The first-order valence-electron chi connectivity index (χ1n) is 13.7. The first-order valence-corrected chi connectivity index (χ1v) is 15.2. The van der Waals surface area contributed by atoms with Crippen LogP contribution in [-0.4, -0.2) is 62.2 Å². The lowest BCUT2D eigenvalue weighted by Crippen LogP contribution is -2.44. The molecule has 0 saturated carbocycles. The number of amides is 1. The molecule has 1 aliphatic carbocycles. The zero-order chi connectivity index (χ0) is 31.5. The highest BCUT2D eigenvalue weighted by Crippen LogP contribution is 2.44. The minimum Gasteiger partial charge on any atom is -0.496 e. The minimum absolute atomic E-state index is 0.00699. The summed E-state index contributed by atoms with van der Waals surface area (Å²) in [6.07, 6.45) is -1.03. The molecule has 0 fully saturated rings. The second-order valence-electron chi connectivity index (χ2n) is 10.4. The van der Waals surface area contributed by atoms with E-state index in [9.17, 15) is 23.1 Å². The number of hydrogen-bond donors (Lipinski definition) is 4. The van der Waals surface area contributed by atoms with Crippen molar-refractivity contribution in [3.63, 3.8) is 0 Å². The van der Waals surface area contributed by atoms with E-state index in [1.165, 1.54) is 7.11 Å². The molecule has 1 amide bonds. The Bertz CT molecular complexity index is 1630. The fourth-order valence-electron chi connectivity index (χ4n) is 5.59. The van der Waals surface area contributed by atoms with Gasteiger partial charge in [0, 0.05) is 12.5 Å². The van der Waals surface area contributed by atoms with Gasteiger partial charge in [-0.3, -0.25) is 5.41 Å². The van der Waals surface area contributed by atoms with Gasteiger partial charge in [0.05, 0.1) is 12.0 Å². The first kappa shape index (κ1) is 31.4. The standard InChI is InChI=1S/C31H36N4O7S/c1-18-16-27(41-4)19(2)20(3)28(18)43(39,40)35(30(32)33)15-9-14-26(29(36)37)34-31(38)42-17-25-23-12-7-5-10-21(23)22-11-6-8-13-24(22)25/h5-8,10-13,16,25-26H,9,14-15,17H2,1-4H3,(H3,32,33)(H,34,38)(H,36,37)/t26-/m1/s1. The van der Waals surface area contributed by atoms with Crippen molar-refractivity contribution in [1.29, 1.82) is 5.41 Å². The highest BCUT2D eigenvalue weighted by Gasteiger charge is 2.32. The van der Waals surface area contributed by atoms with E-state index in [-0.39, 0.29) is 36.8 Å². The SMILES string of the molecule is COc1cc(C)c(S(=O)(=O)N(CCC[C@@H](NC(=O)OCC2c3ccccc3-c3ccccc32)C(=O)O)C(=N)N)c(C)c1C. The number of fused-ring (bicyclic) bond motifs is 3. The molecule has 3 aromatic carbocycles. The number of nitrogens with one attached hydrogen (secondary N) is 2. The predicted molar refractivity (Wildman–Crippen MR) is 162 cm³/mol. The van der Waals surface area contributed by atoms with Crippen LogP contribution in [0.4, 0.5) is 4.79 Å². The van der Waals surface area contributed by atoms with Gasteiger partial charge in [0.15, 0.2) is 0 Å². The lowest BCUT2D eigenvalue weighted by atomic mass is 9.98. The Kier molecular flexibility index (Phi) is 9.29. The van der Waals surface area contributed by atoms with Crippen LogP contribution in [-0.2, 0) is 19.6 Å². The number of aliphatic carboxylic acids is 1. The normalized spacial score (nSPS) is 13.0. The topological polar surface area (TPSA) is 172 Å². The summed E-state index contributed by atoms with van der Waals surface area (Å²) in [5, 5.41) is 20.1. The molecule has 0 radical (unpaired) electrons. The number of carbonyl (C=O) groups excluding carboxylic acids is 1. The van der Waals surface area contributed by atoms with Gasteiger partial charge in [-0.15, -0.1) is 0 Å². The third-order valence-electron chi connectivity index (χ3n) is 7.80. The van der Waals surface area contributed by atoms with E-state index in [1.807, 2.05) is 48.5 Å². The van der Waals surface area contributed by atoms with E-state index >= 15 is 0 Å². The molecule has 4 rings (SSSR count). The summed E-state index contributed by atoms with van der Waals surface area (Å²) < 4.78 is 38.7. The van der Waals surface area contributed by atoms with E-state index in [0.29, 0.717) is 22.4 Å². The fourth-order valence-corrected chi connectivity index (χ4v) is 7.44. The number of carboxylic acids is 1. The Morgan fingerprint density at radius 1 is 1.05 bits per heavy atom. The number of aryl methyl sites for hydroxylation is 1. The minimum atomic E-state index is -4.25. The molecule has 0 spiro atoms. The van der Waals surface area contributed by atoms with Crippen LogP contribution in [0.25, 0.3) is 11.1 Å². The quantitative estimate of drug-likeness (QED) is 0.184. The van der Waals surface area contributed by atoms with Crippen molar-refractivity contribution < 1.29 is 32.6 Å². The highest BCUT2D eigenvalue weighted by atomic mass is 32.2. The summed E-state index contributed by atoms with van der Waals surface area (Å²) in [5.41, 5.74) is 11.4. The zero-order valence-corrected chi connectivity index (χ0v) is 25.3. The molecular formula is C31H36N4O7S. The molecule has 0 aliphatic heterocycles. The predicted octanol–water partition coefficient (Wildman–Crippen LogP) is 4.28. The van der Waals surface area contributed by atoms with Gasteiger partial charge in [0.2, 0.25) is 5.96 Å². The molecule has 11 nitrogen and oxygen atoms in total. The van der Waals surface area contributed by atoms with Crippen LogP contribution in [0.5, 0.6) is 5.75 Å². The van der Waals surface area contributed by atoms with Gasteiger partial charge in [-0.25, -0.2) is 22.3 Å². The van der Waals surface area contributed by atoms with Crippen LogP contribution in [0.2, 0.25) is 0 Å². The van der Waals surface area contributed by atoms with Crippen molar-refractivity contribution in [2.75, 3.05) is 20.3 Å². The number of nitrogens with zero attached hydrogens (tertiary/aromatic N) is 1. The number of guanidine groups is 1. The first-order chi connectivity index (χ1) is 20.4. The summed E-state index contributed by atoms with van der Waals surface area (Å²) in [6.45, 7) is 4.76. The molecule has 0 heterocycles. The number of sulfonamides is 1. The van der Waals surface area contributed by atoms with Crippen molar-refractivity contribution >= 4 is 28.0 Å². The van der Waals surface area contributed by atoms with Crippen molar-refractivity contribution in [3.8, 4) is 16.9 Å². The molecule has 1 atom stereocenters. The Morgan fingerprint density at radius 2 is 1.63 bits per heavy atom. The average Bonchev–Trinajstić information content (AvgIpc) is 3.28. The summed E-state index contributed by atoms with van der Waals surface area (Å²) in [5.74, 6) is -1.66. The van der Waals surface area contributed by atoms with Gasteiger partial charge in [0.1, 0.15) is 18.4 Å².